The fourth-order valence-corrected chi connectivity index (χ4v) is 1.81. The Morgan fingerprint density at radius 3 is 2.71 bits per heavy atom. The highest BCUT2D eigenvalue weighted by Gasteiger charge is 2.02. The van der Waals surface area contributed by atoms with Crippen LogP contribution in [-0.4, -0.2) is 24.5 Å². The zero-order chi connectivity index (χ0) is 16.5. The lowest BCUT2D eigenvalue weighted by molar-refractivity contribution is 0.460. The maximum Gasteiger partial charge on any atom is 0.219 e. The van der Waals surface area contributed by atoms with Crippen molar-refractivity contribution in [3.8, 4) is 11.6 Å². The molecule has 0 saturated carbocycles. The average molecular weight is 442 g/mol. The molecule has 0 saturated heterocycles. The van der Waals surface area contributed by atoms with Gasteiger partial charge < -0.3 is 15.4 Å². The third-order valence-electron chi connectivity index (χ3n) is 2.93. The minimum Gasteiger partial charge on any atom is -0.439 e. The molecule has 1 heterocycles. The number of aromatic nitrogens is 1. The molecule has 0 atom stereocenters. The second-order valence-electron chi connectivity index (χ2n) is 4.65. The van der Waals surface area contributed by atoms with Crippen LogP contribution in [0.25, 0.3) is 0 Å². The first-order chi connectivity index (χ1) is 11.2. The molecule has 0 fully saturated rings. The van der Waals surface area contributed by atoms with E-state index in [9.17, 15) is 4.39 Å². The van der Waals surface area contributed by atoms with Gasteiger partial charge in [0.1, 0.15) is 11.6 Å². The Balaban J connectivity index is 0.00000288. The van der Waals surface area contributed by atoms with E-state index in [0.29, 0.717) is 30.7 Å². The fraction of sp³-hybridized carbons (Fsp3) is 0.176. The predicted octanol–water partition coefficient (Wildman–Crippen LogP) is 3.48. The molecular weight excluding hydrogens is 422 g/mol. The minimum atomic E-state index is -0.304. The second-order valence-corrected chi connectivity index (χ2v) is 4.65. The Morgan fingerprint density at radius 1 is 1.29 bits per heavy atom. The van der Waals surface area contributed by atoms with Gasteiger partial charge in [0.05, 0.1) is 0 Å². The molecule has 5 nitrogen and oxygen atoms in total. The van der Waals surface area contributed by atoms with Crippen molar-refractivity contribution in [3.05, 3.63) is 66.6 Å². The Kier molecular flexibility index (Phi) is 8.77. The topological polar surface area (TPSA) is 58.5 Å². The van der Waals surface area contributed by atoms with Crippen molar-refractivity contribution >= 4 is 29.9 Å². The third-order valence-corrected chi connectivity index (χ3v) is 2.93. The lowest BCUT2D eigenvalue weighted by atomic mass is 10.2. The number of pyridine rings is 1. The fourth-order valence-electron chi connectivity index (χ4n) is 1.81. The summed E-state index contributed by atoms with van der Waals surface area (Å²) in [6.07, 6.45) is 3.42. The van der Waals surface area contributed by atoms with Crippen LogP contribution in [0.3, 0.4) is 0 Å². The van der Waals surface area contributed by atoms with E-state index in [1.807, 2.05) is 12.1 Å². The average Bonchev–Trinajstić information content (AvgIpc) is 2.57. The van der Waals surface area contributed by atoms with Crippen molar-refractivity contribution in [2.75, 3.05) is 13.6 Å². The SMILES string of the molecule is C=CCNC(=NC)NCc1ccnc(Oc2ccc(F)cc2)c1.I. The molecule has 0 unspecified atom stereocenters. The van der Waals surface area contributed by atoms with Crippen molar-refractivity contribution < 1.29 is 9.13 Å². The quantitative estimate of drug-likeness (QED) is 0.311. The van der Waals surface area contributed by atoms with Crippen LogP contribution in [-0.2, 0) is 6.54 Å². The van der Waals surface area contributed by atoms with Gasteiger partial charge in [0, 0.05) is 32.4 Å². The molecule has 0 radical (unpaired) electrons. The molecule has 0 aliphatic heterocycles. The van der Waals surface area contributed by atoms with Crippen LogP contribution in [0.2, 0.25) is 0 Å². The second kappa shape index (κ2) is 10.6. The van der Waals surface area contributed by atoms with E-state index in [1.165, 1.54) is 12.1 Å². The maximum atomic E-state index is 12.9. The number of nitrogens with one attached hydrogen (secondary N) is 2. The van der Waals surface area contributed by atoms with Gasteiger partial charge in [-0.15, -0.1) is 30.6 Å². The van der Waals surface area contributed by atoms with E-state index in [1.54, 1.807) is 31.5 Å². The Bertz CT molecular complexity index is 677. The molecule has 1 aromatic heterocycles. The molecule has 2 aromatic rings. The lowest BCUT2D eigenvalue weighted by Gasteiger charge is -2.11. The highest BCUT2D eigenvalue weighted by atomic mass is 127. The molecule has 1 aromatic carbocycles. The third kappa shape index (κ3) is 6.53. The molecule has 0 spiro atoms. The van der Waals surface area contributed by atoms with Crippen LogP contribution in [0.15, 0.2) is 60.2 Å². The lowest BCUT2D eigenvalue weighted by Crippen LogP contribution is -2.36. The summed E-state index contributed by atoms with van der Waals surface area (Å²) in [7, 11) is 1.70. The van der Waals surface area contributed by atoms with Crippen LogP contribution in [0, 0.1) is 5.82 Å². The molecule has 24 heavy (non-hydrogen) atoms. The van der Waals surface area contributed by atoms with E-state index in [2.05, 4.69) is 27.2 Å². The number of ether oxygens (including phenoxy) is 1. The van der Waals surface area contributed by atoms with Gasteiger partial charge in [-0.1, -0.05) is 6.08 Å². The van der Waals surface area contributed by atoms with E-state index in [-0.39, 0.29) is 29.8 Å². The largest absolute Gasteiger partial charge is 0.439 e. The zero-order valence-electron chi connectivity index (χ0n) is 13.3. The monoisotopic (exact) mass is 442 g/mol. The number of halogens is 2. The molecule has 0 aliphatic rings. The van der Waals surface area contributed by atoms with Crippen molar-refractivity contribution in [3.63, 3.8) is 0 Å². The number of guanidine groups is 1. The normalized spacial score (nSPS) is 10.5. The number of nitrogens with zero attached hydrogens (tertiary/aromatic N) is 2. The van der Waals surface area contributed by atoms with Gasteiger partial charge in [-0.05, 0) is 35.9 Å². The van der Waals surface area contributed by atoms with Crippen LogP contribution >= 0.6 is 24.0 Å². The summed E-state index contributed by atoms with van der Waals surface area (Å²) in [5.74, 6) is 1.36. The Hall–Kier alpha value is -2.16. The number of hydrogen-bond acceptors (Lipinski definition) is 3. The van der Waals surface area contributed by atoms with Gasteiger partial charge in [-0.2, -0.15) is 0 Å². The molecule has 0 amide bonds. The standard InChI is InChI=1S/C17H19FN4O.HI/c1-3-9-21-17(19-2)22-12-13-8-10-20-16(11-13)23-15-6-4-14(18)5-7-15;/h3-8,10-11H,1,9,12H2,2H3,(H2,19,21,22);1H. The van der Waals surface area contributed by atoms with Crippen molar-refractivity contribution in [2.45, 2.75) is 6.54 Å². The zero-order valence-corrected chi connectivity index (χ0v) is 15.7. The summed E-state index contributed by atoms with van der Waals surface area (Å²) in [5, 5.41) is 6.26. The number of hydrogen-bond donors (Lipinski definition) is 2. The molecule has 0 aliphatic carbocycles. The molecule has 0 bridgehead atoms. The first kappa shape index (κ1) is 19.9. The number of aliphatic imine (C=N–C) groups is 1. The van der Waals surface area contributed by atoms with Gasteiger partial charge >= 0.3 is 0 Å². The van der Waals surface area contributed by atoms with Crippen LogP contribution in [0.4, 0.5) is 4.39 Å². The highest BCUT2D eigenvalue weighted by molar-refractivity contribution is 14.0. The summed E-state index contributed by atoms with van der Waals surface area (Å²) in [4.78, 5) is 8.25. The summed E-state index contributed by atoms with van der Waals surface area (Å²) in [6, 6.07) is 9.50. The molecule has 2 rings (SSSR count). The summed E-state index contributed by atoms with van der Waals surface area (Å²) in [5.41, 5.74) is 0.985. The molecular formula is C17H20FIN4O. The van der Waals surface area contributed by atoms with Crippen LogP contribution < -0.4 is 15.4 Å². The van der Waals surface area contributed by atoms with E-state index in [0.717, 1.165) is 5.56 Å². The van der Waals surface area contributed by atoms with Gasteiger partial charge in [0.2, 0.25) is 5.88 Å². The van der Waals surface area contributed by atoms with Crippen LogP contribution in [0.1, 0.15) is 5.56 Å². The number of benzene rings is 1. The van der Waals surface area contributed by atoms with Crippen molar-refractivity contribution in [2.24, 2.45) is 4.99 Å². The molecule has 2 N–H and O–H groups in total. The maximum absolute atomic E-state index is 12.9. The highest BCUT2D eigenvalue weighted by Crippen LogP contribution is 2.20. The van der Waals surface area contributed by atoms with E-state index in [4.69, 9.17) is 4.74 Å². The first-order valence-corrected chi connectivity index (χ1v) is 7.15. The van der Waals surface area contributed by atoms with Crippen molar-refractivity contribution in [1.29, 1.82) is 0 Å². The molecule has 7 heteroatoms. The first-order valence-electron chi connectivity index (χ1n) is 7.15. The van der Waals surface area contributed by atoms with Gasteiger partial charge in [-0.25, -0.2) is 9.37 Å². The Morgan fingerprint density at radius 2 is 2.04 bits per heavy atom. The van der Waals surface area contributed by atoms with E-state index < -0.39 is 0 Å². The Labute approximate surface area is 158 Å². The summed E-state index contributed by atoms with van der Waals surface area (Å²) < 4.78 is 18.5. The van der Waals surface area contributed by atoms with Crippen molar-refractivity contribution in [1.82, 2.24) is 15.6 Å². The smallest absolute Gasteiger partial charge is 0.219 e. The van der Waals surface area contributed by atoms with E-state index >= 15 is 0 Å². The summed E-state index contributed by atoms with van der Waals surface area (Å²) >= 11 is 0. The van der Waals surface area contributed by atoms with Gasteiger partial charge in [0.15, 0.2) is 5.96 Å². The predicted molar refractivity (Wildman–Crippen MR) is 105 cm³/mol. The van der Waals surface area contributed by atoms with Gasteiger partial charge in [0.25, 0.3) is 0 Å². The van der Waals surface area contributed by atoms with Gasteiger partial charge in [-0.3, -0.25) is 4.99 Å². The van der Waals surface area contributed by atoms with Crippen LogP contribution in [0.5, 0.6) is 11.6 Å². The number of rotatable bonds is 6. The summed E-state index contributed by atoms with van der Waals surface area (Å²) in [6.45, 7) is 4.85. The molecule has 128 valence electrons. The minimum absolute atomic E-state index is 0.